The second-order valence-electron chi connectivity index (χ2n) is 13.9. The van der Waals surface area contributed by atoms with Gasteiger partial charge in [-0.3, -0.25) is 14.6 Å². The number of hydrogen-bond acceptors (Lipinski definition) is 8. The Hall–Kier alpha value is -2.06. The number of carbonyl (C=O) groups excluding carboxylic acids is 2. The quantitative estimate of drug-likeness (QED) is 0.0957. The number of carbonyl (C=O) groups is 2. The summed E-state index contributed by atoms with van der Waals surface area (Å²) in [6.07, 6.45) is 9.57. The van der Waals surface area contributed by atoms with E-state index in [1.165, 1.54) is 11.1 Å². The Morgan fingerprint density at radius 3 is 2.80 bits per heavy atom. The molecule has 9 nitrogen and oxygen atoms in total. The van der Waals surface area contributed by atoms with Gasteiger partial charge in [-0.1, -0.05) is 35.1 Å². The molecule has 4 aliphatic rings. The van der Waals surface area contributed by atoms with Crippen LogP contribution in [0.3, 0.4) is 0 Å². The number of phenolic OH excluding ortho intramolecular Hbond substituents is 1. The minimum Gasteiger partial charge on any atom is -0.504 e. The number of aliphatic imine (C=N–C) groups is 1. The highest BCUT2D eigenvalue weighted by Gasteiger charge is 2.65. The fourth-order valence-corrected chi connectivity index (χ4v) is 8.64. The molecule has 45 heavy (non-hydrogen) atoms. The maximum absolute atomic E-state index is 12.1. The van der Waals surface area contributed by atoms with Crippen molar-refractivity contribution >= 4 is 26.4 Å². The Labute approximate surface area is 271 Å². The molecule has 2 bridgehead atoms. The number of piperidine rings is 1. The zero-order chi connectivity index (χ0) is 32.1. The molecule has 1 spiro atoms. The lowest BCUT2D eigenvalue weighted by atomic mass is 9.51. The van der Waals surface area contributed by atoms with Crippen LogP contribution in [0.2, 0.25) is 0 Å². The standard InChI is InChI=1S/C35H54N3O6P/c1-22(23(2)39)9-6-8-18-36-29(41)10-5-4-7-19-37-30(45)15-16-31(42)43-28-14-12-25-26-21-24-11-13-27(40)33-32(24)35(25,34(28)44-33)17-20-38(26)3/h11,13,22,25-26,28,31,34,40,42H,4-10,12,14-21,45H2,1-3H3,(H,36,41). The fraction of sp³-hybridized carbons (Fsp3) is 0.743. The first kappa shape index (κ1) is 34.3. The van der Waals surface area contributed by atoms with Crippen molar-refractivity contribution in [1.29, 1.82) is 0 Å². The topological polar surface area (TPSA) is 121 Å². The van der Waals surface area contributed by atoms with E-state index in [1.807, 2.05) is 6.92 Å². The average molecular weight is 644 g/mol. The van der Waals surface area contributed by atoms with Crippen LogP contribution in [0.1, 0.15) is 102 Å². The molecule has 2 fully saturated rings. The van der Waals surface area contributed by atoms with Crippen LogP contribution >= 0.6 is 9.24 Å². The van der Waals surface area contributed by atoms with Crippen LogP contribution in [0.25, 0.3) is 0 Å². The Morgan fingerprint density at radius 1 is 1.18 bits per heavy atom. The Bertz CT molecular complexity index is 1240. The van der Waals surface area contributed by atoms with E-state index < -0.39 is 6.29 Å². The van der Waals surface area contributed by atoms with Crippen molar-refractivity contribution < 1.29 is 29.3 Å². The molecular weight excluding hydrogens is 589 g/mol. The number of unbranched alkanes of at least 4 members (excludes halogenated alkanes) is 3. The molecule has 1 saturated heterocycles. The van der Waals surface area contributed by atoms with Gasteiger partial charge in [-0.15, -0.1) is 0 Å². The normalized spacial score (nSPS) is 28.2. The van der Waals surface area contributed by atoms with Crippen LogP contribution in [0.15, 0.2) is 17.1 Å². The first-order valence-corrected chi connectivity index (χ1v) is 17.8. The summed E-state index contributed by atoms with van der Waals surface area (Å²) >= 11 is 0. The largest absolute Gasteiger partial charge is 0.504 e. The zero-order valence-corrected chi connectivity index (χ0v) is 28.6. The molecule has 2 heterocycles. The maximum atomic E-state index is 12.1. The van der Waals surface area contributed by atoms with E-state index in [1.54, 1.807) is 13.0 Å². The molecule has 0 radical (unpaired) electrons. The number of likely N-dealkylation sites (N-methyl/N-ethyl adjacent to an activating group) is 1. The zero-order valence-electron chi connectivity index (χ0n) is 27.4. The van der Waals surface area contributed by atoms with E-state index in [9.17, 15) is 19.8 Å². The number of likely N-dealkylation sites (tertiary alicyclic amines) is 1. The predicted octanol–water partition coefficient (Wildman–Crippen LogP) is 4.89. The molecule has 5 rings (SSSR count). The molecule has 2 aliphatic carbocycles. The fourth-order valence-electron chi connectivity index (χ4n) is 8.34. The number of aromatic hydroxyl groups is 1. The highest BCUT2D eigenvalue weighted by Crippen LogP contribution is 2.64. The van der Waals surface area contributed by atoms with Gasteiger partial charge < -0.3 is 29.9 Å². The van der Waals surface area contributed by atoms with E-state index in [0.717, 1.165) is 76.2 Å². The Balaban J connectivity index is 1.00. The summed E-state index contributed by atoms with van der Waals surface area (Å²) in [5, 5.41) is 24.6. The molecule has 10 heteroatoms. The van der Waals surface area contributed by atoms with Crippen molar-refractivity contribution in [3.63, 3.8) is 0 Å². The molecule has 2 aliphatic heterocycles. The first-order valence-electron chi connectivity index (χ1n) is 17.2. The molecule has 0 aromatic heterocycles. The number of Topliss-reactive ketones (excluding diaryl/α,β-unsaturated/α-hetero) is 1. The van der Waals surface area contributed by atoms with E-state index in [4.69, 9.17) is 9.47 Å². The number of rotatable bonds is 17. The summed E-state index contributed by atoms with van der Waals surface area (Å²) in [6.45, 7) is 5.96. The van der Waals surface area contributed by atoms with Crippen molar-refractivity contribution in [2.75, 3.05) is 26.7 Å². The number of hydrogen-bond donors (Lipinski definition) is 3. The molecule has 1 saturated carbocycles. The van der Waals surface area contributed by atoms with Gasteiger partial charge in [0.25, 0.3) is 0 Å². The van der Waals surface area contributed by atoms with Gasteiger partial charge in [-0.2, -0.15) is 0 Å². The predicted molar refractivity (Wildman–Crippen MR) is 179 cm³/mol. The van der Waals surface area contributed by atoms with Gasteiger partial charge >= 0.3 is 0 Å². The molecule has 8 unspecified atom stereocenters. The number of nitrogens with zero attached hydrogens (tertiary/aromatic N) is 2. The third-order valence-electron chi connectivity index (χ3n) is 11.0. The van der Waals surface area contributed by atoms with Crippen molar-refractivity contribution in [3.05, 3.63) is 23.3 Å². The number of phenols is 1. The average Bonchev–Trinajstić information content (AvgIpc) is 3.37. The van der Waals surface area contributed by atoms with Crippen molar-refractivity contribution in [1.82, 2.24) is 10.2 Å². The summed E-state index contributed by atoms with van der Waals surface area (Å²) in [5.41, 5.74) is 3.25. The number of aliphatic hydroxyl groups is 1. The number of aliphatic hydroxyl groups excluding tert-OH is 1. The van der Waals surface area contributed by atoms with Crippen LogP contribution in [-0.2, 0) is 26.2 Å². The lowest BCUT2D eigenvalue weighted by molar-refractivity contribution is -0.195. The van der Waals surface area contributed by atoms with Gasteiger partial charge in [0, 0.05) is 54.3 Å². The molecule has 250 valence electrons. The third kappa shape index (κ3) is 7.58. The minimum atomic E-state index is -0.907. The van der Waals surface area contributed by atoms with Crippen LogP contribution in [0.5, 0.6) is 11.5 Å². The van der Waals surface area contributed by atoms with Gasteiger partial charge in [0.2, 0.25) is 5.91 Å². The highest BCUT2D eigenvalue weighted by molar-refractivity contribution is 7.40. The maximum Gasteiger partial charge on any atom is 0.219 e. The number of nitrogens with one attached hydrogen (secondary N) is 1. The van der Waals surface area contributed by atoms with Crippen LogP contribution in [-0.4, -0.2) is 83.5 Å². The van der Waals surface area contributed by atoms with Gasteiger partial charge in [-0.25, -0.2) is 0 Å². The third-order valence-corrected chi connectivity index (χ3v) is 11.4. The lowest BCUT2D eigenvalue weighted by Crippen LogP contribution is -2.66. The number of ketones is 1. The molecule has 1 amide bonds. The summed E-state index contributed by atoms with van der Waals surface area (Å²) in [5.74, 6) is 1.75. The van der Waals surface area contributed by atoms with Crippen molar-refractivity contribution in [2.24, 2.45) is 16.8 Å². The molecule has 1 aromatic rings. The number of ether oxygens (including phenoxy) is 2. The first-order chi connectivity index (χ1) is 21.6. The van der Waals surface area contributed by atoms with Gasteiger partial charge in [0.15, 0.2) is 17.8 Å². The molecule has 1 aromatic carbocycles. The van der Waals surface area contributed by atoms with Crippen molar-refractivity contribution in [2.45, 2.75) is 127 Å². The summed E-state index contributed by atoms with van der Waals surface area (Å²) < 4.78 is 12.9. The Morgan fingerprint density at radius 2 is 2.00 bits per heavy atom. The van der Waals surface area contributed by atoms with E-state index in [-0.39, 0.29) is 41.0 Å². The van der Waals surface area contributed by atoms with Crippen LogP contribution < -0.4 is 10.1 Å². The van der Waals surface area contributed by atoms with Gasteiger partial charge in [0.05, 0.1) is 6.10 Å². The number of benzene rings is 1. The van der Waals surface area contributed by atoms with Crippen molar-refractivity contribution in [3.8, 4) is 11.5 Å². The Kier molecular flexibility index (Phi) is 11.6. The summed E-state index contributed by atoms with van der Waals surface area (Å²) in [4.78, 5) is 30.5. The van der Waals surface area contributed by atoms with Gasteiger partial charge in [0.1, 0.15) is 11.9 Å². The molecule has 8 atom stereocenters. The van der Waals surface area contributed by atoms with Crippen LogP contribution in [0, 0.1) is 11.8 Å². The SMILES string of the molecule is CC(=O)C(C)CCCCNC(=O)CCCCCN=C(P)CCC(O)OC1CCC2C3Cc4ccc(O)c5c4C2(CCN3C)C1O5. The smallest absolute Gasteiger partial charge is 0.219 e. The van der Waals surface area contributed by atoms with Crippen LogP contribution in [0.4, 0.5) is 0 Å². The van der Waals surface area contributed by atoms with E-state index in [2.05, 4.69) is 37.6 Å². The summed E-state index contributed by atoms with van der Waals surface area (Å²) in [7, 11) is 4.92. The summed E-state index contributed by atoms with van der Waals surface area (Å²) in [6, 6.07) is 4.31. The molecular formula is C35H54N3O6P. The second kappa shape index (κ2) is 15.2. The monoisotopic (exact) mass is 643 g/mol. The molecule has 3 N–H and O–H groups in total. The number of amides is 1. The second-order valence-corrected chi connectivity index (χ2v) is 14.6. The van der Waals surface area contributed by atoms with E-state index >= 15 is 0 Å². The lowest BCUT2D eigenvalue weighted by Gasteiger charge is -2.59. The van der Waals surface area contributed by atoms with E-state index in [0.29, 0.717) is 50.1 Å². The van der Waals surface area contributed by atoms with Gasteiger partial charge in [-0.05, 0) is 95.9 Å². The minimum absolute atomic E-state index is 0.0928. The highest BCUT2D eigenvalue weighted by atomic mass is 31.0.